The van der Waals surface area contributed by atoms with Crippen molar-refractivity contribution >= 4 is 40.1 Å². The molecule has 4 rings (SSSR count). The predicted molar refractivity (Wildman–Crippen MR) is 128 cm³/mol. The summed E-state index contributed by atoms with van der Waals surface area (Å²) in [7, 11) is 0. The quantitative estimate of drug-likeness (QED) is 0.334. The summed E-state index contributed by atoms with van der Waals surface area (Å²) < 4.78 is 0. The lowest BCUT2D eigenvalue weighted by Crippen LogP contribution is -2.50. The number of anilines is 1. The van der Waals surface area contributed by atoms with E-state index in [-0.39, 0.29) is 6.42 Å². The molecule has 0 radical (unpaired) electrons. The Morgan fingerprint density at radius 1 is 1.09 bits per heavy atom. The number of H-pyrrole nitrogens is 1. The van der Waals surface area contributed by atoms with Crippen LogP contribution in [-0.2, 0) is 11.2 Å². The predicted octanol–water partition coefficient (Wildman–Crippen LogP) is 3.87. The molecule has 4 aromatic rings. The fraction of sp³-hybridized carbons (Fsp3) is 0.160. The fourth-order valence-corrected chi connectivity index (χ4v) is 3.75. The maximum atomic E-state index is 13.0. The summed E-state index contributed by atoms with van der Waals surface area (Å²) in [6.07, 6.45) is 0.309. The molecule has 2 atom stereocenters. The number of halogens is 1. The van der Waals surface area contributed by atoms with Crippen molar-refractivity contribution in [3.8, 4) is 0 Å². The van der Waals surface area contributed by atoms with Crippen molar-refractivity contribution in [3.05, 3.63) is 94.8 Å². The normalized spacial score (nSPS) is 12.8. The highest BCUT2D eigenvalue weighted by molar-refractivity contribution is 6.31. The molecule has 33 heavy (non-hydrogen) atoms. The number of fused-ring (bicyclic) bond motifs is 1. The number of nitrogens with one attached hydrogen (secondary N) is 3. The van der Waals surface area contributed by atoms with Crippen molar-refractivity contribution in [3.63, 3.8) is 0 Å². The van der Waals surface area contributed by atoms with Gasteiger partial charge in [0.25, 0.3) is 11.8 Å². The molecule has 0 spiro atoms. The molecule has 168 valence electrons. The molecule has 0 aliphatic rings. The number of aliphatic hydroxyl groups is 1. The minimum atomic E-state index is -1.51. The lowest BCUT2D eigenvalue weighted by Gasteiger charge is -2.23. The van der Waals surface area contributed by atoms with Crippen molar-refractivity contribution in [2.75, 3.05) is 5.32 Å². The van der Waals surface area contributed by atoms with E-state index in [9.17, 15) is 14.7 Å². The molecule has 2 heterocycles. The fourth-order valence-electron chi connectivity index (χ4n) is 3.57. The van der Waals surface area contributed by atoms with E-state index >= 15 is 0 Å². The van der Waals surface area contributed by atoms with Gasteiger partial charge in [0.05, 0.1) is 6.04 Å². The first kappa shape index (κ1) is 22.5. The van der Waals surface area contributed by atoms with Gasteiger partial charge in [0.2, 0.25) is 0 Å². The van der Waals surface area contributed by atoms with Crippen LogP contribution in [0.5, 0.6) is 0 Å². The van der Waals surface area contributed by atoms with Gasteiger partial charge >= 0.3 is 0 Å². The Kier molecular flexibility index (Phi) is 6.72. The Hall–Kier alpha value is -3.68. The minimum Gasteiger partial charge on any atom is -0.381 e. The Labute approximate surface area is 195 Å². The van der Waals surface area contributed by atoms with Gasteiger partial charge in [-0.15, -0.1) is 0 Å². The van der Waals surface area contributed by atoms with Crippen LogP contribution in [0.4, 0.5) is 5.82 Å². The minimum absolute atomic E-state index is 0.258. The van der Waals surface area contributed by atoms with Crippen LogP contribution in [0, 0.1) is 6.92 Å². The highest BCUT2D eigenvalue weighted by Crippen LogP contribution is 2.20. The summed E-state index contributed by atoms with van der Waals surface area (Å²) in [5, 5.41) is 17.7. The highest BCUT2D eigenvalue weighted by atomic mass is 35.5. The molecule has 8 heteroatoms. The Morgan fingerprint density at radius 2 is 1.88 bits per heavy atom. The summed E-state index contributed by atoms with van der Waals surface area (Å²) in [6, 6.07) is 19.0. The number of rotatable bonds is 7. The van der Waals surface area contributed by atoms with Gasteiger partial charge in [-0.05, 0) is 54.8 Å². The van der Waals surface area contributed by atoms with Gasteiger partial charge in [-0.25, -0.2) is 4.98 Å². The van der Waals surface area contributed by atoms with E-state index in [1.54, 1.807) is 49.5 Å². The van der Waals surface area contributed by atoms with Crippen LogP contribution in [-0.4, -0.2) is 39.0 Å². The number of aliphatic hydroxyl groups excluding tert-OH is 1. The summed E-state index contributed by atoms with van der Waals surface area (Å²) >= 11 is 6.04. The summed E-state index contributed by atoms with van der Waals surface area (Å²) in [6.45, 7) is 1.81. The van der Waals surface area contributed by atoms with Crippen LogP contribution in [0.25, 0.3) is 10.9 Å². The van der Waals surface area contributed by atoms with Gasteiger partial charge in [0, 0.05) is 22.1 Å². The van der Waals surface area contributed by atoms with E-state index in [1.165, 1.54) is 0 Å². The SMILES string of the molecule is Cc1cccnc1NC(=O)[C@H](O)[C@H](Cc1ccccc1)NC(=O)c1cc2cc(Cl)ccc2[nH]1. The molecule has 0 saturated carbocycles. The van der Waals surface area contributed by atoms with Crippen LogP contribution in [0.2, 0.25) is 5.02 Å². The lowest BCUT2D eigenvalue weighted by molar-refractivity contribution is -0.125. The second-order valence-electron chi connectivity index (χ2n) is 7.79. The van der Waals surface area contributed by atoms with E-state index in [0.717, 1.165) is 22.0 Å². The van der Waals surface area contributed by atoms with Crippen molar-refractivity contribution < 1.29 is 14.7 Å². The molecule has 0 unspecified atom stereocenters. The monoisotopic (exact) mass is 462 g/mol. The van der Waals surface area contributed by atoms with Gasteiger partial charge in [0.1, 0.15) is 11.5 Å². The van der Waals surface area contributed by atoms with Crippen LogP contribution < -0.4 is 10.6 Å². The number of carbonyl (C=O) groups excluding carboxylic acids is 2. The number of aryl methyl sites for hydroxylation is 1. The van der Waals surface area contributed by atoms with Crippen LogP contribution in [0.3, 0.4) is 0 Å². The molecule has 0 fully saturated rings. The zero-order chi connectivity index (χ0) is 23.4. The second kappa shape index (κ2) is 9.85. The van der Waals surface area contributed by atoms with Gasteiger partial charge in [0.15, 0.2) is 6.10 Å². The highest BCUT2D eigenvalue weighted by Gasteiger charge is 2.29. The smallest absolute Gasteiger partial charge is 0.268 e. The number of benzene rings is 2. The molecule has 0 aliphatic heterocycles. The van der Waals surface area contributed by atoms with Crippen molar-refractivity contribution in [1.82, 2.24) is 15.3 Å². The number of nitrogens with zero attached hydrogens (tertiary/aromatic N) is 1. The molecular weight excluding hydrogens is 440 g/mol. The van der Waals surface area contributed by atoms with Crippen molar-refractivity contribution in [1.29, 1.82) is 0 Å². The molecule has 2 amide bonds. The zero-order valence-electron chi connectivity index (χ0n) is 17.9. The first-order valence-electron chi connectivity index (χ1n) is 10.4. The Morgan fingerprint density at radius 3 is 2.64 bits per heavy atom. The molecular formula is C25H23ClN4O3. The zero-order valence-corrected chi connectivity index (χ0v) is 18.6. The van der Waals surface area contributed by atoms with Gasteiger partial charge in [-0.2, -0.15) is 0 Å². The molecule has 7 nitrogen and oxygen atoms in total. The first-order chi connectivity index (χ1) is 15.9. The van der Waals surface area contributed by atoms with Crippen LogP contribution >= 0.6 is 11.6 Å². The molecule has 0 bridgehead atoms. The van der Waals surface area contributed by atoms with E-state index in [0.29, 0.717) is 16.5 Å². The number of hydrogen-bond acceptors (Lipinski definition) is 4. The molecule has 0 aliphatic carbocycles. The number of hydrogen-bond donors (Lipinski definition) is 4. The number of amides is 2. The third-order valence-corrected chi connectivity index (χ3v) is 5.58. The van der Waals surface area contributed by atoms with Gasteiger partial charge in [-0.1, -0.05) is 48.0 Å². The number of aromatic amines is 1. The van der Waals surface area contributed by atoms with Crippen molar-refractivity contribution in [2.24, 2.45) is 0 Å². The third-order valence-electron chi connectivity index (χ3n) is 5.34. The maximum absolute atomic E-state index is 13.0. The maximum Gasteiger partial charge on any atom is 0.268 e. The summed E-state index contributed by atoms with van der Waals surface area (Å²) in [5.74, 6) is -0.732. The average molecular weight is 463 g/mol. The van der Waals surface area contributed by atoms with Crippen LogP contribution in [0.1, 0.15) is 21.6 Å². The Balaban J connectivity index is 1.56. The van der Waals surface area contributed by atoms with E-state index in [2.05, 4.69) is 20.6 Å². The van der Waals surface area contributed by atoms with Crippen molar-refractivity contribution in [2.45, 2.75) is 25.5 Å². The molecule has 4 N–H and O–H groups in total. The lowest BCUT2D eigenvalue weighted by atomic mass is 10.00. The van der Waals surface area contributed by atoms with Crippen LogP contribution in [0.15, 0.2) is 72.9 Å². The Bertz CT molecular complexity index is 1290. The van der Waals surface area contributed by atoms with Gasteiger partial charge in [-0.3, -0.25) is 9.59 Å². The summed E-state index contributed by atoms with van der Waals surface area (Å²) in [5.41, 5.74) is 2.69. The number of pyridine rings is 1. The van der Waals surface area contributed by atoms with E-state index < -0.39 is 24.0 Å². The number of carbonyl (C=O) groups is 2. The average Bonchev–Trinajstić information content (AvgIpc) is 3.23. The third kappa shape index (κ3) is 5.39. The van der Waals surface area contributed by atoms with E-state index in [4.69, 9.17) is 11.6 Å². The molecule has 2 aromatic heterocycles. The molecule has 2 aromatic carbocycles. The standard InChI is InChI=1S/C25H23ClN4O3/c1-15-6-5-11-27-23(15)30-25(33)22(31)20(12-16-7-3-2-4-8-16)29-24(32)21-14-17-13-18(26)9-10-19(17)28-21/h2-11,13-14,20,22,28,31H,12H2,1H3,(H,29,32)(H,27,30,33)/t20-,22+/m0/s1. The first-order valence-corrected chi connectivity index (χ1v) is 10.8. The van der Waals surface area contributed by atoms with E-state index in [1.807, 2.05) is 30.3 Å². The summed E-state index contributed by atoms with van der Waals surface area (Å²) in [4.78, 5) is 33.0. The second-order valence-corrected chi connectivity index (χ2v) is 8.22. The van der Waals surface area contributed by atoms with Gasteiger partial charge < -0.3 is 20.7 Å². The topological polar surface area (TPSA) is 107 Å². The molecule has 0 saturated heterocycles. The largest absolute Gasteiger partial charge is 0.381 e. The number of aromatic nitrogens is 2.